The number of nitrogens with zero attached hydrogens (tertiary/aromatic N) is 1. The SMILES string of the molecule is COC[C@](C)(C#N)NC(=O)c1ccc(F)c(Cl)c1F. The minimum atomic E-state index is -1.32. The van der Waals surface area contributed by atoms with Crippen LogP contribution in [0.25, 0.3) is 0 Å². The Hall–Kier alpha value is -1.71. The lowest BCUT2D eigenvalue weighted by atomic mass is 10.1. The zero-order valence-electron chi connectivity index (χ0n) is 10.3. The maximum Gasteiger partial charge on any atom is 0.255 e. The van der Waals surface area contributed by atoms with Gasteiger partial charge in [-0.25, -0.2) is 8.78 Å². The van der Waals surface area contributed by atoms with Crippen LogP contribution in [0.4, 0.5) is 8.78 Å². The summed E-state index contributed by atoms with van der Waals surface area (Å²) in [5.41, 5.74) is -1.76. The number of methoxy groups -OCH3 is 1. The molecule has 0 saturated heterocycles. The molecule has 1 rings (SSSR count). The molecule has 0 aliphatic heterocycles. The number of hydrogen-bond donors (Lipinski definition) is 1. The molecule has 19 heavy (non-hydrogen) atoms. The van der Waals surface area contributed by atoms with Gasteiger partial charge < -0.3 is 10.1 Å². The van der Waals surface area contributed by atoms with Gasteiger partial charge in [0.05, 0.1) is 18.2 Å². The highest BCUT2D eigenvalue weighted by atomic mass is 35.5. The number of halogens is 3. The number of benzene rings is 1. The first-order valence-corrected chi connectivity index (χ1v) is 5.58. The van der Waals surface area contributed by atoms with E-state index in [1.54, 1.807) is 0 Å². The van der Waals surface area contributed by atoms with Crippen LogP contribution in [0.1, 0.15) is 17.3 Å². The van der Waals surface area contributed by atoms with Crippen LogP contribution in [0.15, 0.2) is 12.1 Å². The standard InChI is InChI=1S/C12H11ClF2N2O2/c1-12(5-16,6-19-2)17-11(18)7-3-4-8(14)9(13)10(7)15/h3-4H,6H2,1-2H3,(H,17,18)/t12-/m0/s1. The fraction of sp³-hybridized carbons (Fsp3) is 0.333. The molecule has 7 heteroatoms. The molecule has 0 radical (unpaired) electrons. The second kappa shape index (κ2) is 5.95. The van der Waals surface area contributed by atoms with Crippen molar-refractivity contribution in [2.45, 2.75) is 12.5 Å². The summed E-state index contributed by atoms with van der Waals surface area (Å²) in [5.74, 6) is -3.01. The normalized spacial score (nSPS) is 13.5. The number of carbonyl (C=O) groups excluding carboxylic acids is 1. The molecule has 1 atom stereocenters. The maximum atomic E-state index is 13.6. The van der Waals surface area contributed by atoms with Crippen LogP contribution in [0, 0.1) is 23.0 Å². The summed E-state index contributed by atoms with van der Waals surface area (Å²) in [5, 5.41) is 10.5. The monoisotopic (exact) mass is 288 g/mol. The van der Waals surface area contributed by atoms with E-state index < -0.39 is 33.7 Å². The number of rotatable bonds is 4. The van der Waals surface area contributed by atoms with Crippen molar-refractivity contribution >= 4 is 17.5 Å². The molecular weight excluding hydrogens is 278 g/mol. The van der Waals surface area contributed by atoms with Gasteiger partial charge >= 0.3 is 0 Å². The number of amides is 1. The molecule has 0 heterocycles. The van der Waals surface area contributed by atoms with E-state index in [0.717, 1.165) is 12.1 Å². The van der Waals surface area contributed by atoms with Crippen molar-refractivity contribution in [1.29, 1.82) is 5.26 Å². The molecule has 0 saturated carbocycles. The summed E-state index contributed by atoms with van der Waals surface area (Å²) in [4.78, 5) is 11.8. The molecule has 0 aromatic heterocycles. The van der Waals surface area contributed by atoms with E-state index in [4.69, 9.17) is 21.6 Å². The number of nitriles is 1. The molecule has 0 fully saturated rings. The van der Waals surface area contributed by atoms with Crippen LogP contribution in [0.5, 0.6) is 0 Å². The summed E-state index contributed by atoms with van der Waals surface area (Å²) >= 11 is 5.37. The average molecular weight is 289 g/mol. The smallest absolute Gasteiger partial charge is 0.255 e. The van der Waals surface area contributed by atoms with E-state index in [1.165, 1.54) is 14.0 Å². The summed E-state index contributed by atoms with van der Waals surface area (Å²) in [7, 11) is 1.36. The van der Waals surface area contributed by atoms with Gasteiger partial charge in [-0.05, 0) is 19.1 Å². The molecule has 0 unspecified atom stereocenters. The third-order valence-electron chi connectivity index (χ3n) is 2.35. The quantitative estimate of drug-likeness (QED) is 0.865. The third kappa shape index (κ3) is 3.40. The van der Waals surface area contributed by atoms with Crippen molar-refractivity contribution in [3.8, 4) is 6.07 Å². The molecule has 0 aliphatic rings. The second-order valence-corrected chi connectivity index (χ2v) is 4.43. The molecule has 102 valence electrons. The van der Waals surface area contributed by atoms with E-state index in [2.05, 4.69) is 5.32 Å². The molecule has 1 amide bonds. The van der Waals surface area contributed by atoms with Gasteiger partial charge in [0, 0.05) is 7.11 Å². The van der Waals surface area contributed by atoms with Crippen molar-refractivity contribution < 1.29 is 18.3 Å². The fourth-order valence-corrected chi connectivity index (χ4v) is 1.57. The van der Waals surface area contributed by atoms with Gasteiger partial charge in [0.2, 0.25) is 0 Å². The van der Waals surface area contributed by atoms with Crippen LogP contribution < -0.4 is 5.32 Å². The van der Waals surface area contributed by atoms with Gasteiger partial charge in [0.15, 0.2) is 5.82 Å². The second-order valence-electron chi connectivity index (χ2n) is 4.05. The number of carbonyl (C=O) groups is 1. The van der Waals surface area contributed by atoms with E-state index >= 15 is 0 Å². The van der Waals surface area contributed by atoms with Crippen LogP contribution in [0.3, 0.4) is 0 Å². The fourth-order valence-electron chi connectivity index (χ4n) is 1.40. The Morgan fingerprint density at radius 3 is 2.74 bits per heavy atom. The van der Waals surface area contributed by atoms with Crippen molar-refractivity contribution in [1.82, 2.24) is 5.32 Å². The Morgan fingerprint density at radius 2 is 2.21 bits per heavy atom. The molecule has 0 bridgehead atoms. The van der Waals surface area contributed by atoms with Crippen molar-refractivity contribution in [3.63, 3.8) is 0 Å². The van der Waals surface area contributed by atoms with Gasteiger partial charge in [-0.2, -0.15) is 5.26 Å². The van der Waals surface area contributed by atoms with E-state index in [1.807, 2.05) is 6.07 Å². The highest BCUT2D eigenvalue weighted by Gasteiger charge is 2.28. The van der Waals surface area contributed by atoms with Gasteiger partial charge in [-0.1, -0.05) is 11.6 Å². The van der Waals surface area contributed by atoms with Gasteiger partial charge in [0.1, 0.15) is 16.4 Å². The zero-order chi connectivity index (χ0) is 14.6. The summed E-state index contributed by atoms with van der Waals surface area (Å²) in [6.45, 7) is 1.34. The molecule has 1 aromatic carbocycles. The van der Waals surface area contributed by atoms with Crippen LogP contribution in [0.2, 0.25) is 5.02 Å². The maximum absolute atomic E-state index is 13.6. The number of hydrogen-bond acceptors (Lipinski definition) is 3. The van der Waals surface area contributed by atoms with Crippen molar-refractivity contribution in [2.24, 2.45) is 0 Å². The van der Waals surface area contributed by atoms with Crippen molar-refractivity contribution in [2.75, 3.05) is 13.7 Å². The van der Waals surface area contributed by atoms with Crippen LogP contribution in [-0.2, 0) is 4.74 Å². The summed E-state index contributed by atoms with van der Waals surface area (Å²) in [6, 6.07) is 3.67. The summed E-state index contributed by atoms with van der Waals surface area (Å²) < 4.78 is 31.4. The van der Waals surface area contributed by atoms with Gasteiger partial charge in [0.25, 0.3) is 5.91 Å². The minimum Gasteiger partial charge on any atom is -0.381 e. The average Bonchev–Trinajstić information content (AvgIpc) is 2.36. The van der Waals surface area contributed by atoms with Gasteiger partial charge in [-0.15, -0.1) is 0 Å². The van der Waals surface area contributed by atoms with Crippen LogP contribution >= 0.6 is 11.6 Å². The Morgan fingerprint density at radius 1 is 1.58 bits per heavy atom. The molecule has 1 N–H and O–H groups in total. The van der Waals surface area contributed by atoms with E-state index in [0.29, 0.717) is 0 Å². The molecule has 1 aromatic rings. The lowest BCUT2D eigenvalue weighted by Gasteiger charge is -2.22. The molecular formula is C12H11ClF2N2O2. The number of ether oxygens (including phenoxy) is 1. The first-order chi connectivity index (χ1) is 8.84. The molecule has 0 spiro atoms. The Bertz CT molecular complexity index is 545. The molecule has 4 nitrogen and oxygen atoms in total. The van der Waals surface area contributed by atoms with Crippen LogP contribution in [-0.4, -0.2) is 25.2 Å². The van der Waals surface area contributed by atoms with Crippen molar-refractivity contribution in [3.05, 3.63) is 34.4 Å². The highest BCUT2D eigenvalue weighted by molar-refractivity contribution is 6.31. The van der Waals surface area contributed by atoms with E-state index in [9.17, 15) is 13.6 Å². The third-order valence-corrected chi connectivity index (χ3v) is 2.70. The predicted octanol–water partition coefficient (Wildman–Crippen LogP) is 2.28. The predicted molar refractivity (Wildman–Crippen MR) is 64.7 cm³/mol. The minimum absolute atomic E-state index is 0.0776. The lowest BCUT2D eigenvalue weighted by Crippen LogP contribution is -2.48. The largest absolute Gasteiger partial charge is 0.381 e. The first kappa shape index (κ1) is 15.3. The zero-order valence-corrected chi connectivity index (χ0v) is 11.0. The highest BCUT2D eigenvalue weighted by Crippen LogP contribution is 2.22. The Labute approximate surface area is 113 Å². The topological polar surface area (TPSA) is 62.1 Å². The lowest BCUT2D eigenvalue weighted by molar-refractivity contribution is 0.0856. The van der Waals surface area contributed by atoms with E-state index in [-0.39, 0.29) is 6.61 Å². The molecule has 0 aliphatic carbocycles. The Kier molecular flexibility index (Phi) is 4.81. The van der Waals surface area contributed by atoms with Gasteiger partial charge in [-0.3, -0.25) is 4.79 Å². The Balaban J connectivity index is 3.03. The number of nitrogens with one attached hydrogen (secondary N) is 1. The first-order valence-electron chi connectivity index (χ1n) is 5.21. The summed E-state index contributed by atoms with van der Waals surface area (Å²) in [6.07, 6.45) is 0.